The summed E-state index contributed by atoms with van der Waals surface area (Å²) in [5, 5.41) is 3.77. The first kappa shape index (κ1) is 25.7. The first-order chi connectivity index (χ1) is 17.5. The van der Waals surface area contributed by atoms with Gasteiger partial charge in [0.25, 0.3) is 11.8 Å². The number of anilines is 2. The molecule has 0 spiro atoms. The van der Waals surface area contributed by atoms with Crippen LogP contribution in [0.4, 0.5) is 11.4 Å². The number of hydrogen-bond acceptors (Lipinski definition) is 7. The van der Waals surface area contributed by atoms with Crippen LogP contribution in [0.3, 0.4) is 0 Å². The molecule has 4 rings (SSSR count). The number of primary amides is 1. The van der Waals surface area contributed by atoms with Gasteiger partial charge in [-0.2, -0.15) is 4.37 Å². The van der Waals surface area contributed by atoms with Gasteiger partial charge in [0, 0.05) is 40.0 Å². The van der Waals surface area contributed by atoms with Crippen LogP contribution in [-0.2, 0) is 4.79 Å². The Hall–Kier alpha value is -4.38. The minimum Gasteiger partial charge on any atom is -0.497 e. The molecule has 0 radical (unpaired) electrons. The molecule has 192 valence electrons. The summed E-state index contributed by atoms with van der Waals surface area (Å²) in [7, 11) is 1.51. The second kappa shape index (κ2) is 9.94. The molecule has 0 aliphatic rings. The third-order valence-electron chi connectivity index (χ3n) is 5.63. The fourth-order valence-electron chi connectivity index (χ4n) is 4.04. The van der Waals surface area contributed by atoms with Crippen molar-refractivity contribution in [2.75, 3.05) is 17.7 Å². The average molecular weight is 521 g/mol. The number of amides is 3. The summed E-state index contributed by atoms with van der Waals surface area (Å²) in [5.74, 6) is -1.39. The van der Waals surface area contributed by atoms with E-state index in [1.165, 1.54) is 12.0 Å². The van der Waals surface area contributed by atoms with Crippen LogP contribution in [0, 0.1) is 0 Å². The van der Waals surface area contributed by atoms with Crippen molar-refractivity contribution in [3.05, 3.63) is 70.9 Å². The summed E-state index contributed by atoms with van der Waals surface area (Å²) in [6, 6.07) is 13.2. The van der Waals surface area contributed by atoms with E-state index in [1.54, 1.807) is 30.5 Å². The third kappa shape index (κ3) is 5.12. The predicted octanol–water partition coefficient (Wildman–Crippen LogP) is 3.62. The molecule has 2 heterocycles. The average Bonchev–Trinajstić information content (AvgIpc) is 3.44. The zero-order chi connectivity index (χ0) is 26.9. The summed E-state index contributed by atoms with van der Waals surface area (Å²) < 4.78 is 9.38. The number of benzene rings is 2. The fraction of sp³-hybridized carbons (Fsp3) is 0.231. The molecule has 10 nitrogen and oxygen atoms in total. The Morgan fingerprint density at radius 1 is 1.14 bits per heavy atom. The lowest BCUT2D eigenvalue weighted by Gasteiger charge is -2.33. The van der Waals surface area contributed by atoms with Gasteiger partial charge in [-0.05, 0) is 50.5 Å². The maximum Gasteiger partial charge on any atom is 0.273 e. The molecule has 0 aliphatic carbocycles. The largest absolute Gasteiger partial charge is 0.497 e. The Balaban J connectivity index is 1.97. The first-order valence-corrected chi connectivity index (χ1v) is 12.2. The monoisotopic (exact) mass is 520 g/mol. The highest BCUT2D eigenvalue weighted by molar-refractivity contribution is 7.09. The van der Waals surface area contributed by atoms with Gasteiger partial charge in [0.1, 0.15) is 16.7 Å². The van der Waals surface area contributed by atoms with Crippen molar-refractivity contribution in [3.8, 4) is 5.75 Å². The lowest BCUT2D eigenvalue weighted by molar-refractivity contribution is -0.123. The smallest absolute Gasteiger partial charge is 0.273 e. The number of methoxy groups -OCH3 is 1. The number of H-pyrrole nitrogens is 1. The van der Waals surface area contributed by atoms with Crippen LogP contribution in [0.5, 0.6) is 5.75 Å². The molecule has 0 saturated carbocycles. The van der Waals surface area contributed by atoms with Crippen molar-refractivity contribution < 1.29 is 19.1 Å². The van der Waals surface area contributed by atoms with Gasteiger partial charge in [-0.3, -0.25) is 19.3 Å². The number of aromatic amines is 1. The maximum absolute atomic E-state index is 14.2. The van der Waals surface area contributed by atoms with E-state index in [1.807, 2.05) is 45.0 Å². The van der Waals surface area contributed by atoms with Gasteiger partial charge < -0.3 is 26.5 Å². The highest BCUT2D eigenvalue weighted by Gasteiger charge is 2.38. The minimum atomic E-state index is -1.12. The summed E-state index contributed by atoms with van der Waals surface area (Å²) >= 11 is 0.751. The van der Waals surface area contributed by atoms with E-state index in [4.69, 9.17) is 16.2 Å². The maximum atomic E-state index is 14.2. The number of nitrogens with two attached hydrogens (primary N) is 2. The van der Waals surface area contributed by atoms with Crippen LogP contribution >= 0.6 is 11.5 Å². The van der Waals surface area contributed by atoms with Crippen molar-refractivity contribution >= 4 is 51.5 Å². The molecule has 0 saturated heterocycles. The Morgan fingerprint density at radius 2 is 1.86 bits per heavy atom. The van der Waals surface area contributed by atoms with E-state index in [9.17, 15) is 14.4 Å². The molecular weight excluding hydrogens is 492 g/mol. The molecule has 0 aliphatic heterocycles. The number of nitrogens with zero attached hydrogens (tertiary/aromatic N) is 2. The van der Waals surface area contributed by atoms with Crippen LogP contribution in [0.1, 0.15) is 52.5 Å². The fourth-order valence-corrected chi connectivity index (χ4v) is 4.78. The Labute approximate surface area is 217 Å². The van der Waals surface area contributed by atoms with Crippen LogP contribution in [0.25, 0.3) is 10.9 Å². The van der Waals surface area contributed by atoms with Crippen LogP contribution < -0.4 is 26.4 Å². The van der Waals surface area contributed by atoms with E-state index in [0.717, 1.165) is 22.4 Å². The summed E-state index contributed by atoms with van der Waals surface area (Å²) in [5.41, 5.74) is 12.4. The van der Waals surface area contributed by atoms with E-state index in [2.05, 4.69) is 14.7 Å². The molecule has 37 heavy (non-hydrogen) atoms. The minimum absolute atomic E-state index is 0.00924. The van der Waals surface area contributed by atoms with Gasteiger partial charge >= 0.3 is 0 Å². The van der Waals surface area contributed by atoms with Crippen molar-refractivity contribution in [2.45, 2.75) is 32.4 Å². The Kier molecular flexibility index (Phi) is 6.90. The number of carbonyl (C=O) groups is 3. The van der Waals surface area contributed by atoms with Gasteiger partial charge in [-0.1, -0.05) is 24.3 Å². The molecule has 0 unspecified atom stereocenters. The van der Waals surface area contributed by atoms with Gasteiger partial charge in [-0.15, -0.1) is 0 Å². The number of ether oxygens (including phenoxy) is 1. The number of rotatable bonds is 7. The quantitative estimate of drug-likeness (QED) is 0.292. The van der Waals surface area contributed by atoms with E-state index in [0.29, 0.717) is 17.0 Å². The summed E-state index contributed by atoms with van der Waals surface area (Å²) in [6.45, 7) is 5.57. The number of nitrogens with one attached hydrogen (secondary N) is 2. The van der Waals surface area contributed by atoms with Gasteiger partial charge in [0.2, 0.25) is 5.91 Å². The highest BCUT2D eigenvalue weighted by Crippen LogP contribution is 2.37. The molecule has 1 atom stereocenters. The second-order valence-corrected chi connectivity index (χ2v) is 10.2. The van der Waals surface area contributed by atoms with Gasteiger partial charge in [0.05, 0.1) is 12.8 Å². The van der Waals surface area contributed by atoms with Crippen molar-refractivity contribution in [1.82, 2.24) is 14.7 Å². The molecule has 2 aromatic heterocycles. The molecule has 6 N–H and O–H groups in total. The van der Waals surface area contributed by atoms with Crippen molar-refractivity contribution in [2.24, 2.45) is 5.73 Å². The summed E-state index contributed by atoms with van der Waals surface area (Å²) in [4.78, 5) is 44.4. The van der Waals surface area contributed by atoms with Crippen LogP contribution in [-0.4, -0.2) is 39.7 Å². The van der Waals surface area contributed by atoms with E-state index >= 15 is 0 Å². The normalized spacial score (nSPS) is 12.2. The lowest BCUT2D eigenvalue weighted by Crippen LogP contribution is -2.49. The molecule has 0 bridgehead atoms. The lowest BCUT2D eigenvalue weighted by atomic mass is 9.99. The van der Waals surface area contributed by atoms with Crippen LogP contribution in [0.2, 0.25) is 0 Å². The molecule has 11 heteroatoms. The van der Waals surface area contributed by atoms with Crippen LogP contribution in [0.15, 0.2) is 54.7 Å². The van der Waals surface area contributed by atoms with Crippen molar-refractivity contribution in [3.63, 3.8) is 0 Å². The zero-order valence-corrected chi connectivity index (χ0v) is 21.7. The third-order valence-corrected chi connectivity index (χ3v) is 6.48. The Morgan fingerprint density at radius 3 is 2.51 bits per heavy atom. The second-order valence-electron chi connectivity index (χ2n) is 9.45. The molecule has 4 aromatic rings. The number of para-hydroxylation sites is 1. The van der Waals surface area contributed by atoms with E-state index < -0.39 is 29.3 Å². The molecule has 3 amide bonds. The topological polar surface area (TPSA) is 156 Å². The van der Waals surface area contributed by atoms with Crippen molar-refractivity contribution in [1.29, 1.82) is 0 Å². The number of carbonyl (C=O) groups excluding carboxylic acids is 3. The number of nitrogen functional groups attached to an aromatic ring is 1. The predicted molar refractivity (Wildman–Crippen MR) is 144 cm³/mol. The Bertz CT molecular complexity index is 1490. The number of aromatic nitrogens is 2. The molecule has 2 aromatic carbocycles. The number of hydrogen-bond donors (Lipinski definition) is 4. The highest BCUT2D eigenvalue weighted by atomic mass is 32.1. The SMILES string of the molecule is COc1cccc(N(C(=O)c2snc(C(N)=O)c2N)[C@@H](C(=O)NC(C)(C)C)c2c[nH]c3ccccc23)c1. The number of fused-ring (bicyclic) bond motifs is 1. The first-order valence-electron chi connectivity index (χ1n) is 11.4. The summed E-state index contributed by atoms with van der Waals surface area (Å²) in [6.07, 6.45) is 1.71. The molecule has 0 fully saturated rings. The molecular formula is C26H28N6O4S. The van der Waals surface area contributed by atoms with Gasteiger partial charge in [-0.25, -0.2) is 0 Å². The van der Waals surface area contributed by atoms with Gasteiger partial charge in [0.15, 0.2) is 5.69 Å². The standard InChI is InChI=1S/C26H28N6O4S/c1-26(2,3)30-24(34)21(17-13-29-18-11-6-5-10-16(17)18)32(14-8-7-9-15(12-14)36-4)25(35)22-19(27)20(23(28)33)31-37-22/h5-13,21,29H,27H2,1-4H3,(H2,28,33)(H,30,34)/t21-/m1/s1. The zero-order valence-electron chi connectivity index (χ0n) is 20.9. The van der Waals surface area contributed by atoms with E-state index in [-0.39, 0.29) is 16.3 Å².